The molecule has 18 heavy (non-hydrogen) atoms. The first-order valence-electron chi connectivity index (χ1n) is 5.88. The first kappa shape index (κ1) is 12.3. The van der Waals surface area contributed by atoms with E-state index in [0.29, 0.717) is 0 Å². The number of pyridine rings is 1. The second kappa shape index (κ2) is 5.00. The summed E-state index contributed by atoms with van der Waals surface area (Å²) in [7, 11) is 0. The van der Waals surface area contributed by atoms with Crippen LogP contribution in [0.2, 0.25) is 0 Å². The van der Waals surface area contributed by atoms with Crippen LogP contribution in [0.3, 0.4) is 0 Å². The Labute approximate surface area is 107 Å². The zero-order chi connectivity index (χ0) is 13.1. The molecule has 2 aromatic rings. The molecule has 1 aromatic heterocycles. The van der Waals surface area contributed by atoms with Crippen molar-refractivity contribution in [1.29, 1.82) is 0 Å². The van der Waals surface area contributed by atoms with Crippen LogP contribution in [0.15, 0.2) is 42.1 Å². The highest BCUT2D eigenvalue weighted by atomic mass is 16.1. The van der Waals surface area contributed by atoms with Gasteiger partial charge in [0.25, 0.3) is 0 Å². The predicted octanol–water partition coefficient (Wildman–Crippen LogP) is 3.45. The van der Waals surface area contributed by atoms with Crippen LogP contribution in [0.1, 0.15) is 19.4 Å². The van der Waals surface area contributed by atoms with E-state index in [1.807, 2.05) is 45.0 Å². The number of rotatable bonds is 2. The van der Waals surface area contributed by atoms with Crippen molar-refractivity contribution >= 4 is 22.5 Å². The van der Waals surface area contributed by atoms with Crippen LogP contribution < -0.4 is 5.32 Å². The number of amides is 1. The predicted molar refractivity (Wildman–Crippen MR) is 74.5 cm³/mol. The topological polar surface area (TPSA) is 42.0 Å². The quantitative estimate of drug-likeness (QED) is 0.817. The molecule has 1 heterocycles. The van der Waals surface area contributed by atoms with Crippen LogP contribution in [0, 0.1) is 6.92 Å². The van der Waals surface area contributed by atoms with E-state index in [0.717, 1.165) is 27.7 Å². The third-order valence-corrected chi connectivity index (χ3v) is 2.65. The number of anilines is 1. The first-order chi connectivity index (χ1) is 8.58. The maximum atomic E-state index is 11.7. The number of hydrogen-bond donors (Lipinski definition) is 1. The van der Waals surface area contributed by atoms with Crippen LogP contribution in [-0.2, 0) is 4.79 Å². The van der Waals surface area contributed by atoms with Gasteiger partial charge in [-0.25, -0.2) is 0 Å². The summed E-state index contributed by atoms with van der Waals surface area (Å²) in [6.07, 6.45) is 3.35. The van der Waals surface area contributed by atoms with Gasteiger partial charge < -0.3 is 5.32 Å². The van der Waals surface area contributed by atoms with Gasteiger partial charge in [-0.2, -0.15) is 0 Å². The molecule has 3 heteroatoms. The molecule has 1 N–H and O–H groups in total. The number of aromatic nitrogens is 1. The Morgan fingerprint density at radius 1 is 1.28 bits per heavy atom. The molecule has 0 fully saturated rings. The minimum atomic E-state index is -0.107. The summed E-state index contributed by atoms with van der Waals surface area (Å²) in [4.78, 5) is 16.1. The number of nitrogens with zero attached hydrogens (tertiary/aromatic N) is 1. The van der Waals surface area contributed by atoms with E-state index < -0.39 is 0 Å². The third-order valence-electron chi connectivity index (χ3n) is 2.65. The molecule has 92 valence electrons. The van der Waals surface area contributed by atoms with Crippen LogP contribution in [0.5, 0.6) is 0 Å². The Balaban J connectivity index is 2.43. The maximum Gasteiger partial charge on any atom is 0.248 e. The lowest BCUT2D eigenvalue weighted by atomic mass is 10.1. The number of fused-ring (bicyclic) bond motifs is 1. The summed E-state index contributed by atoms with van der Waals surface area (Å²) < 4.78 is 0. The Bertz CT molecular complexity index is 625. The molecule has 0 atom stereocenters. The molecule has 2 rings (SSSR count). The molecule has 0 aliphatic heterocycles. The SMILES string of the molecule is CC(C)=CC(=O)Nc1ccc(C)c2ncccc12. The van der Waals surface area contributed by atoms with Crippen molar-refractivity contribution in [2.45, 2.75) is 20.8 Å². The standard InChI is InChI=1S/C15H16N2O/c1-10(2)9-14(18)17-13-7-6-11(3)15-12(13)5-4-8-16-15/h4-9H,1-3H3,(H,17,18). The monoisotopic (exact) mass is 240 g/mol. The van der Waals surface area contributed by atoms with Gasteiger partial charge in [0.15, 0.2) is 0 Å². The molecular weight excluding hydrogens is 224 g/mol. The molecule has 0 saturated heterocycles. The van der Waals surface area contributed by atoms with Crippen LogP contribution in [0.25, 0.3) is 10.9 Å². The number of allylic oxidation sites excluding steroid dienone is 1. The summed E-state index contributed by atoms with van der Waals surface area (Å²) >= 11 is 0. The van der Waals surface area contributed by atoms with Crippen molar-refractivity contribution in [1.82, 2.24) is 4.98 Å². The van der Waals surface area contributed by atoms with Gasteiger partial charge in [-0.05, 0) is 44.5 Å². The van der Waals surface area contributed by atoms with Gasteiger partial charge in [0, 0.05) is 17.7 Å². The average molecular weight is 240 g/mol. The third kappa shape index (κ3) is 2.56. The van der Waals surface area contributed by atoms with Crippen LogP contribution >= 0.6 is 0 Å². The molecule has 1 amide bonds. The van der Waals surface area contributed by atoms with E-state index >= 15 is 0 Å². The minimum Gasteiger partial charge on any atom is -0.322 e. The van der Waals surface area contributed by atoms with E-state index in [9.17, 15) is 4.79 Å². The molecule has 3 nitrogen and oxygen atoms in total. The fraction of sp³-hybridized carbons (Fsp3) is 0.200. The minimum absolute atomic E-state index is 0.107. The second-order valence-electron chi connectivity index (χ2n) is 4.54. The molecule has 0 aliphatic carbocycles. The summed E-state index contributed by atoms with van der Waals surface area (Å²) in [6.45, 7) is 5.81. The Kier molecular flexibility index (Phi) is 3.42. The van der Waals surface area contributed by atoms with Crippen molar-refractivity contribution in [3.63, 3.8) is 0 Å². The lowest BCUT2D eigenvalue weighted by molar-refractivity contribution is -0.111. The van der Waals surface area contributed by atoms with Crippen molar-refractivity contribution in [3.8, 4) is 0 Å². The molecular formula is C15H16N2O. The highest BCUT2D eigenvalue weighted by molar-refractivity contribution is 6.06. The van der Waals surface area contributed by atoms with Crippen molar-refractivity contribution in [3.05, 3.63) is 47.7 Å². The Hall–Kier alpha value is -2.16. The van der Waals surface area contributed by atoms with Gasteiger partial charge in [-0.15, -0.1) is 0 Å². The van der Waals surface area contributed by atoms with Crippen molar-refractivity contribution in [2.75, 3.05) is 5.32 Å². The summed E-state index contributed by atoms with van der Waals surface area (Å²) in [5, 5.41) is 3.85. The molecule has 0 aliphatic rings. The van der Waals surface area contributed by atoms with Gasteiger partial charge in [0.05, 0.1) is 11.2 Å². The number of benzene rings is 1. The van der Waals surface area contributed by atoms with Gasteiger partial charge in [-0.3, -0.25) is 9.78 Å². The normalized spacial score (nSPS) is 10.2. The highest BCUT2D eigenvalue weighted by Gasteiger charge is 2.06. The molecule has 0 unspecified atom stereocenters. The van der Waals surface area contributed by atoms with E-state index in [4.69, 9.17) is 0 Å². The van der Waals surface area contributed by atoms with E-state index in [1.54, 1.807) is 12.3 Å². The fourth-order valence-electron chi connectivity index (χ4n) is 1.85. The smallest absolute Gasteiger partial charge is 0.248 e. The number of carbonyl (C=O) groups excluding carboxylic acids is 1. The fourth-order valence-corrected chi connectivity index (χ4v) is 1.85. The summed E-state index contributed by atoms with van der Waals surface area (Å²) in [5.41, 5.74) is 3.80. The Morgan fingerprint density at radius 2 is 2.06 bits per heavy atom. The van der Waals surface area contributed by atoms with Gasteiger partial charge in [-0.1, -0.05) is 11.6 Å². The molecule has 0 saturated carbocycles. The molecule has 0 radical (unpaired) electrons. The maximum absolute atomic E-state index is 11.7. The van der Waals surface area contributed by atoms with E-state index in [2.05, 4.69) is 10.3 Å². The zero-order valence-corrected chi connectivity index (χ0v) is 10.8. The summed E-state index contributed by atoms with van der Waals surface area (Å²) in [6, 6.07) is 7.72. The van der Waals surface area contributed by atoms with Gasteiger partial charge in [0.1, 0.15) is 0 Å². The van der Waals surface area contributed by atoms with Crippen molar-refractivity contribution in [2.24, 2.45) is 0 Å². The number of aryl methyl sites for hydroxylation is 1. The molecule has 1 aromatic carbocycles. The largest absolute Gasteiger partial charge is 0.322 e. The van der Waals surface area contributed by atoms with Gasteiger partial charge >= 0.3 is 0 Å². The van der Waals surface area contributed by atoms with Crippen LogP contribution in [0.4, 0.5) is 5.69 Å². The lowest BCUT2D eigenvalue weighted by Gasteiger charge is -2.08. The van der Waals surface area contributed by atoms with Crippen molar-refractivity contribution < 1.29 is 4.79 Å². The van der Waals surface area contributed by atoms with Crippen LogP contribution in [-0.4, -0.2) is 10.9 Å². The zero-order valence-electron chi connectivity index (χ0n) is 10.8. The first-order valence-corrected chi connectivity index (χ1v) is 5.88. The number of carbonyl (C=O) groups is 1. The highest BCUT2D eigenvalue weighted by Crippen LogP contribution is 2.24. The number of nitrogens with one attached hydrogen (secondary N) is 1. The van der Waals surface area contributed by atoms with Gasteiger partial charge in [0.2, 0.25) is 5.91 Å². The molecule has 0 bridgehead atoms. The summed E-state index contributed by atoms with van der Waals surface area (Å²) in [5.74, 6) is -0.107. The van der Waals surface area contributed by atoms with E-state index in [-0.39, 0.29) is 5.91 Å². The lowest BCUT2D eigenvalue weighted by Crippen LogP contribution is -2.09. The van der Waals surface area contributed by atoms with E-state index in [1.165, 1.54) is 0 Å². The number of hydrogen-bond acceptors (Lipinski definition) is 2. The average Bonchev–Trinajstić information content (AvgIpc) is 2.32. The second-order valence-corrected chi connectivity index (χ2v) is 4.54. The molecule has 0 spiro atoms. The Morgan fingerprint density at radius 3 is 2.78 bits per heavy atom.